The second-order valence-electron chi connectivity index (χ2n) is 7.01. The number of thioether (sulfide) groups is 1. The number of ether oxygens (including phenoxy) is 1. The molecular formula is C21H24N2O5S. The largest absolute Gasteiger partial charge is 0.497 e. The van der Waals surface area contributed by atoms with Gasteiger partial charge in [-0.05, 0) is 43.9 Å². The van der Waals surface area contributed by atoms with E-state index in [-0.39, 0.29) is 5.56 Å². The molecule has 29 heavy (non-hydrogen) atoms. The predicted molar refractivity (Wildman–Crippen MR) is 112 cm³/mol. The highest BCUT2D eigenvalue weighted by Crippen LogP contribution is 2.47. The normalized spacial score (nSPS) is 19.1. The first-order valence-corrected chi connectivity index (χ1v) is 10.0. The summed E-state index contributed by atoms with van der Waals surface area (Å²) in [7, 11) is 5.34. The Hall–Kier alpha value is -2.55. The lowest BCUT2D eigenvalue weighted by Gasteiger charge is -2.26. The van der Waals surface area contributed by atoms with Gasteiger partial charge in [0.25, 0.3) is 5.91 Å². The van der Waals surface area contributed by atoms with Crippen molar-refractivity contribution in [1.29, 1.82) is 0 Å². The fourth-order valence-corrected chi connectivity index (χ4v) is 4.58. The summed E-state index contributed by atoms with van der Waals surface area (Å²) in [5.74, 6) is -0.854. The molecule has 0 spiro atoms. The van der Waals surface area contributed by atoms with E-state index in [9.17, 15) is 19.8 Å². The van der Waals surface area contributed by atoms with Crippen LogP contribution in [0.4, 0.5) is 5.69 Å². The van der Waals surface area contributed by atoms with Gasteiger partial charge in [-0.25, -0.2) is 4.79 Å². The van der Waals surface area contributed by atoms with Crippen LogP contribution in [0.3, 0.4) is 0 Å². The molecule has 2 unspecified atom stereocenters. The molecule has 2 aromatic carbocycles. The zero-order chi connectivity index (χ0) is 21.1. The first-order valence-electron chi connectivity index (χ1n) is 9.14. The maximum atomic E-state index is 13.2. The van der Waals surface area contributed by atoms with Crippen molar-refractivity contribution in [3.63, 3.8) is 0 Å². The number of hydrogen-bond donors (Lipinski definition) is 2. The third-order valence-electron chi connectivity index (χ3n) is 4.78. The zero-order valence-corrected chi connectivity index (χ0v) is 17.3. The van der Waals surface area contributed by atoms with Crippen molar-refractivity contribution < 1.29 is 24.5 Å². The van der Waals surface area contributed by atoms with E-state index < -0.39 is 23.2 Å². The molecule has 1 aliphatic heterocycles. The van der Waals surface area contributed by atoms with Crippen LogP contribution in [-0.2, 0) is 4.79 Å². The smallest absolute Gasteiger partial charge is 0.336 e. The van der Waals surface area contributed by atoms with Crippen LogP contribution in [-0.4, -0.2) is 67.4 Å². The van der Waals surface area contributed by atoms with Gasteiger partial charge in [0.2, 0.25) is 0 Å². The maximum Gasteiger partial charge on any atom is 0.336 e. The van der Waals surface area contributed by atoms with Crippen molar-refractivity contribution in [1.82, 2.24) is 4.90 Å². The average molecular weight is 416 g/mol. The number of benzene rings is 2. The molecule has 1 amide bonds. The van der Waals surface area contributed by atoms with E-state index in [1.54, 1.807) is 43.5 Å². The Morgan fingerprint density at radius 2 is 1.90 bits per heavy atom. The minimum atomic E-state index is -1.32. The Morgan fingerprint density at radius 3 is 2.48 bits per heavy atom. The number of nitrogens with zero attached hydrogens (tertiary/aromatic N) is 2. The molecule has 0 aromatic heterocycles. The number of aliphatic hydroxyl groups is 1. The molecule has 0 saturated heterocycles. The number of carbonyl (C=O) groups is 2. The third-order valence-corrected chi connectivity index (χ3v) is 6.23. The molecule has 0 radical (unpaired) electrons. The van der Waals surface area contributed by atoms with Crippen LogP contribution in [0.1, 0.15) is 21.2 Å². The minimum absolute atomic E-state index is 0.114. The molecule has 3 rings (SSSR count). The van der Waals surface area contributed by atoms with Gasteiger partial charge in [-0.3, -0.25) is 4.79 Å². The molecule has 0 bridgehead atoms. The van der Waals surface area contributed by atoms with Crippen LogP contribution in [0.25, 0.3) is 0 Å². The fourth-order valence-electron chi connectivity index (χ4n) is 3.20. The quantitative estimate of drug-likeness (QED) is 0.748. The van der Waals surface area contributed by atoms with Crippen molar-refractivity contribution in [2.75, 3.05) is 39.2 Å². The van der Waals surface area contributed by atoms with Gasteiger partial charge < -0.3 is 24.7 Å². The topological polar surface area (TPSA) is 90.3 Å². The molecule has 0 aliphatic carbocycles. The Bertz CT molecular complexity index is 900. The molecule has 2 aromatic rings. The van der Waals surface area contributed by atoms with Crippen LogP contribution in [0.5, 0.6) is 5.75 Å². The van der Waals surface area contributed by atoms with Crippen molar-refractivity contribution >= 4 is 29.3 Å². The van der Waals surface area contributed by atoms with Crippen LogP contribution >= 0.6 is 11.8 Å². The second kappa shape index (κ2) is 8.86. The monoisotopic (exact) mass is 416 g/mol. The molecule has 0 fully saturated rings. The number of anilines is 1. The molecule has 2 atom stereocenters. The van der Waals surface area contributed by atoms with E-state index >= 15 is 0 Å². The summed E-state index contributed by atoms with van der Waals surface area (Å²) in [5, 5.41) is 20.0. The first-order chi connectivity index (χ1) is 13.8. The first kappa shape index (κ1) is 21.2. The standard InChI is InChI=1S/C21H24N2O5S/c1-22(2)11-12-23-16-6-4-5-15(21(26)27)19(16)29-18(17(24)20(23)25)13-7-9-14(28-3)10-8-13/h4-10,17-18,24H,11-12H2,1-3H3,(H,26,27). The van der Waals surface area contributed by atoms with Crippen LogP contribution in [0.15, 0.2) is 47.4 Å². The third kappa shape index (κ3) is 4.39. The van der Waals surface area contributed by atoms with Crippen LogP contribution in [0, 0.1) is 0 Å². The Labute approximate surface area is 173 Å². The molecule has 1 heterocycles. The van der Waals surface area contributed by atoms with Crippen molar-refractivity contribution in [3.05, 3.63) is 53.6 Å². The number of fused-ring (bicyclic) bond motifs is 1. The van der Waals surface area contributed by atoms with Crippen molar-refractivity contribution in [3.8, 4) is 5.75 Å². The molecule has 154 valence electrons. The van der Waals surface area contributed by atoms with E-state index in [1.807, 2.05) is 19.0 Å². The van der Waals surface area contributed by atoms with Crippen LogP contribution < -0.4 is 9.64 Å². The summed E-state index contributed by atoms with van der Waals surface area (Å²) in [4.78, 5) is 28.9. The maximum absolute atomic E-state index is 13.2. The number of carboxylic acids is 1. The molecule has 1 aliphatic rings. The van der Waals surface area contributed by atoms with Gasteiger partial charge in [0.05, 0.1) is 23.6 Å². The number of hydrogen-bond acceptors (Lipinski definition) is 6. The van der Waals surface area contributed by atoms with Gasteiger partial charge in [0.15, 0.2) is 0 Å². The summed E-state index contributed by atoms with van der Waals surface area (Å²) in [6, 6.07) is 11.9. The van der Waals surface area contributed by atoms with Crippen molar-refractivity contribution in [2.45, 2.75) is 16.2 Å². The number of aliphatic hydroxyl groups excluding tert-OH is 1. The molecule has 8 heteroatoms. The Morgan fingerprint density at radius 1 is 1.21 bits per heavy atom. The summed E-state index contributed by atoms with van der Waals surface area (Å²) >= 11 is 1.20. The Balaban J connectivity index is 2.10. The van der Waals surface area contributed by atoms with E-state index in [0.717, 1.165) is 5.56 Å². The fraction of sp³-hybridized carbons (Fsp3) is 0.333. The highest BCUT2D eigenvalue weighted by atomic mass is 32.2. The van der Waals surface area contributed by atoms with E-state index in [0.29, 0.717) is 29.4 Å². The summed E-state index contributed by atoms with van der Waals surface area (Å²) in [5.41, 5.74) is 1.34. The number of carboxylic acid groups (broad SMARTS) is 1. The Kier molecular flexibility index (Phi) is 6.46. The van der Waals surface area contributed by atoms with Crippen LogP contribution in [0.2, 0.25) is 0 Å². The van der Waals surface area contributed by atoms with Gasteiger partial charge >= 0.3 is 5.97 Å². The average Bonchev–Trinajstić information content (AvgIpc) is 2.81. The number of methoxy groups -OCH3 is 1. The summed E-state index contributed by atoms with van der Waals surface area (Å²) in [6.45, 7) is 0.919. The SMILES string of the molecule is COc1ccc(C2Sc3c(C(=O)O)cccc3N(CCN(C)C)C(=O)C2O)cc1. The molecule has 0 saturated carbocycles. The highest BCUT2D eigenvalue weighted by molar-refractivity contribution is 7.99. The van der Waals surface area contributed by atoms with Gasteiger partial charge in [-0.15, -0.1) is 11.8 Å². The van der Waals surface area contributed by atoms with Gasteiger partial charge in [-0.1, -0.05) is 18.2 Å². The van der Waals surface area contributed by atoms with E-state index in [1.165, 1.54) is 22.7 Å². The van der Waals surface area contributed by atoms with E-state index in [2.05, 4.69) is 0 Å². The lowest BCUT2D eigenvalue weighted by Crippen LogP contribution is -2.43. The highest BCUT2D eigenvalue weighted by Gasteiger charge is 2.38. The van der Waals surface area contributed by atoms with Gasteiger partial charge in [0, 0.05) is 18.0 Å². The second-order valence-corrected chi connectivity index (χ2v) is 8.16. The number of rotatable bonds is 6. The molecule has 7 nitrogen and oxygen atoms in total. The van der Waals surface area contributed by atoms with E-state index in [4.69, 9.17) is 4.74 Å². The molecular weight excluding hydrogens is 392 g/mol. The number of aromatic carboxylic acids is 1. The lowest BCUT2D eigenvalue weighted by atomic mass is 10.1. The summed E-state index contributed by atoms with van der Waals surface area (Å²) in [6.07, 6.45) is -1.32. The van der Waals surface area contributed by atoms with Crippen molar-refractivity contribution in [2.24, 2.45) is 0 Å². The summed E-state index contributed by atoms with van der Waals surface area (Å²) < 4.78 is 5.18. The van der Waals surface area contributed by atoms with Gasteiger partial charge in [0.1, 0.15) is 11.9 Å². The predicted octanol–water partition coefficient (Wildman–Crippen LogP) is 2.50. The zero-order valence-electron chi connectivity index (χ0n) is 16.5. The molecule has 2 N–H and O–H groups in total. The lowest BCUT2D eigenvalue weighted by molar-refractivity contribution is -0.126. The van der Waals surface area contributed by atoms with Gasteiger partial charge in [-0.2, -0.15) is 0 Å². The number of likely N-dealkylation sites (N-methyl/N-ethyl adjacent to an activating group) is 1. The number of amides is 1. The number of carbonyl (C=O) groups excluding carboxylic acids is 1. The minimum Gasteiger partial charge on any atom is -0.497 e.